The minimum Gasteiger partial charge on any atom is -0.357 e. The Labute approximate surface area is 175 Å². The fraction of sp³-hybridized carbons (Fsp3) is 0.833. The van der Waals surface area contributed by atoms with Crippen molar-refractivity contribution in [2.75, 3.05) is 45.8 Å². The molecule has 8 heteroatoms. The molecule has 0 bridgehead atoms. The van der Waals surface area contributed by atoms with Crippen LogP contribution in [0.2, 0.25) is 0 Å². The van der Waals surface area contributed by atoms with Crippen LogP contribution >= 0.6 is 24.0 Å². The van der Waals surface area contributed by atoms with Crippen molar-refractivity contribution < 1.29 is 0 Å². The lowest BCUT2D eigenvalue weighted by molar-refractivity contribution is 0.255. The quantitative estimate of drug-likeness (QED) is 0.243. The maximum absolute atomic E-state index is 4.85. The molecule has 0 aromatic carbocycles. The van der Waals surface area contributed by atoms with Crippen molar-refractivity contribution in [1.29, 1.82) is 0 Å². The number of aryl methyl sites for hydroxylation is 1. The van der Waals surface area contributed by atoms with Crippen molar-refractivity contribution in [3.05, 3.63) is 12.7 Å². The lowest BCUT2D eigenvalue weighted by Gasteiger charge is -2.24. The van der Waals surface area contributed by atoms with Gasteiger partial charge in [0.2, 0.25) is 0 Å². The Balaban J connectivity index is 0.00000338. The molecule has 1 atom stereocenters. The fourth-order valence-corrected chi connectivity index (χ4v) is 3.38. The SMILES string of the molecule is CCNC(=NCCCCn1cnnc1)N1CCC(CN(CC)CC)C1.I. The summed E-state index contributed by atoms with van der Waals surface area (Å²) in [5.74, 6) is 1.85. The van der Waals surface area contributed by atoms with Gasteiger partial charge in [0.1, 0.15) is 12.7 Å². The van der Waals surface area contributed by atoms with Crippen LogP contribution in [0.5, 0.6) is 0 Å². The Morgan fingerprint density at radius 1 is 1.19 bits per heavy atom. The van der Waals surface area contributed by atoms with Gasteiger partial charge in [-0.05, 0) is 45.2 Å². The molecule has 26 heavy (non-hydrogen) atoms. The number of halogens is 1. The Kier molecular flexibility index (Phi) is 11.8. The van der Waals surface area contributed by atoms with Crippen LogP contribution in [0, 0.1) is 5.92 Å². The van der Waals surface area contributed by atoms with Crippen LogP contribution in [0.4, 0.5) is 0 Å². The van der Waals surface area contributed by atoms with Crippen molar-refractivity contribution in [2.45, 2.75) is 46.6 Å². The Hall–Kier alpha value is -0.900. The van der Waals surface area contributed by atoms with E-state index in [9.17, 15) is 0 Å². The van der Waals surface area contributed by atoms with Crippen LogP contribution < -0.4 is 5.32 Å². The van der Waals surface area contributed by atoms with E-state index in [2.05, 4.69) is 46.1 Å². The van der Waals surface area contributed by atoms with Gasteiger partial charge in [-0.15, -0.1) is 34.2 Å². The first-order chi connectivity index (χ1) is 12.3. The molecule has 1 aromatic heterocycles. The highest BCUT2D eigenvalue weighted by Crippen LogP contribution is 2.17. The average Bonchev–Trinajstić information content (AvgIpc) is 3.30. The number of nitrogens with one attached hydrogen (secondary N) is 1. The third-order valence-corrected chi connectivity index (χ3v) is 4.88. The zero-order valence-electron chi connectivity index (χ0n) is 16.6. The van der Waals surface area contributed by atoms with Gasteiger partial charge in [0, 0.05) is 39.3 Å². The Morgan fingerprint density at radius 3 is 2.58 bits per heavy atom. The lowest BCUT2D eigenvalue weighted by Crippen LogP contribution is -2.41. The highest BCUT2D eigenvalue weighted by molar-refractivity contribution is 14.0. The highest BCUT2D eigenvalue weighted by atomic mass is 127. The van der Waals surface area contributed by atoms with Crippen LogP contribution in [0.1, 0.15) is 40.0 Å². The van der Waals surface area contributed by atoms with E-state index in [1.165, 1.54) is 13.0 Å². The maximum Gasteiger partial charge on any atom is 0.193 e. The van der Waals surface area contributed by atoms with Crippen LogP contribution in [0.15, 0.2) is 17.6 Å². The average molecular weight is 477 g/mol. The number of hydrogen-bond donors (Lipinski definition) is 1. The monoisotopic (exact) mass is 477 g/mol. The van der Waals surface area contributed by atoms with Crippen molar-refractivity contribution in [1.82, 2.24) is 29.9 Å². The highest BCUT2D eigenvalue weighted by Gasteiger charge is 2.25. The molecule has 0 saturated carbocycles. The van der Waals surface area contributed by atoms with Crippen LogP contribution in [0.3, 0.4) is 0 Å². The molecule has 1 aliphatic heterocycles. The van der Waals surface area contributed by atoms with Crippen LogP contribution in [-0.4, -0.2) is 76.3 Å². The second-order valence-electron chi connectivity index (χ2n) is 6.73. The molecule has 1 saturated heterocycles. The molecule has 1 N–H and O–H groups in total. The third kappa shape index (κ3) is 7.77. The summed E-state index contributed by atoms with van der Waals surface area (Å²) in [6.45, 7) is 15.2. The van der Waals surface area contributed by atoms with Gasteiger partial charge in [-0.1, -0.05) is 13.8 Å². The van der Waals surface area contributed by atoms with Crippen molar-refractivity contribution in [3.8, 4) is 0 Å². The van der Waals surface area contributed by atoms with Gasteiger partial charge in [-0.25, -0.2) is 0 Å². The van der Waals surface area contributed by atoms with Gasteiger partial charge in [0.25, 0.3) is 0 Å². The molecule has 2 heterocycles. The number of likely N-dealkylation sites (tertiary alicyclic amines) is 1. The van der Waals surface area contributed by atoms with E-state index in [0.29, 0.717) is 0 Å². The number of unbranched alkanes of at least 4 members (excludes halogenated alkanes) is 1. The molecule has 0 amide bonds. The molecule has 1 aliphatic rings. The third-order valence-electron chi connectivity index (χ3n) is 4.88. The van der Waals surface area contributed by atoms with Crippen LogP contribution in [0.25, 0.3) is 0 Å². The van der Waals surface area contributed by atoms with Gasteiger partial charge in [-0.2, -0.15) is 0 Å². The number of aliphatic imine (C=N–C) groups is 1. The van der Waals surface area contributed by atoms with Gasteiger partial charge < -0.3 is 19.7 Å². The molecule has 0 spiro atoms. The summed E-state index contributed by atoms with van der Waals surface area (Å²) in [6.07, 6.45) is 7.01. The number of rotatable bonds is 10. The molecule has 0 aliphatic carbocycles. The summed E-state index contributed by atoms with van der Waals surface area (Å²) in [5.41, 5.74) is 0. The minimum atomic E-state index is 0. The van der Waals surface area contributed by atoms with E-state index >= 15 is 0 Å². The molecule has 150 valence electrons. The predicted molar refractivity (Wildman–Crippen MR) is 118 cm³/mol. The van der Waals surface area contributed by atoms with Gasteiger partial charge in [0.15, 0.2) is 5.96 Å². The van der Waals surface area contributed by atoms with Crippen LogP contribution in [-0.2, 0) is 6.54 Å². The van der Waals surface area contributed by atoms with Gasteiger partial charge >= 0.3 is 0 Å². The van der Waals surface area contributed by atoms with E-state index in [0.717, 1.165) is 70.5 Å². The minimum absolute atomic E-state index is 0. The molecule has 1 unspecified atom stereocenters. The standard InChI is InChI=1S/C18H35N7.HI/c1-4-19-18(20-10-7-8-11-24-15-21-22-16-24)25-12-9-17(14-25)13-23(5-2)6-3;/h15-17H,4-14H2,1-3H3,(H,19,20);1H. The molecular weight excluding hydrogens is 441 g/mol. The molecule has 2 rings (SSSR count). The van der Waals surface area contributed by atoms with E-state index in [-0.39, 0.29) is 24.0 Å². The predicted octanol–water partition coefficient (Wildman–Crippen LogP) is 2.31. The smallest absolute Gasteiger partial charge is 0.193 e. The second-order valence-corrected chi connectivity index (χ2v) is 6.73. The summed E-state index contributed by atoms with van der Waals surface area (Å²) >= 11 is 0. The normalized spacial score (nSPS) is 17.6. The zero-order chi connectivity index (χ0) is 17.9. The first-order valence-corrected chi connectivity index (χ1v) is 9.84. The first kappa shape index (κ1) is 23.1. The summed E-state index contributed by atoms with van der Waals surface area (Å²) in [7, 11) is 0. The second kappa shape index (κ2) is 13.3. The largest absolute Gasteiger partial charge is 0.357 e. The number of guanidine groups is 1. The summed E-state index contributed by atoms with van der Waals surface area (Å²) in [5, 5.41) is 11.1. The van der Waals surface area contributed by atoms with E-state index in [4.69, 9.17) is 4.99 Å². The summed E-state index contributed by atoms with van der Waals surface area (Å²) < 4.78 is 2.02. The van der Waals surface area contributed by atoms with Gasteiger partial charge in [-0.3, -0.25) is 4.99 Å². The van der Waals surface area contributed by atoms with Crippen molar-refractivity contribution in [3.63, 3.8) is 0 Å². The molecule has 0 radical (unpaired) electrons. The Bertz CT molecular complexity index is 488. The number of aromatic nitrogens is 3. The van der Waals surface area contributed by atoms with E-state index in [1.807, 2.05) is 4.57 Å². The van der Waals surface area contributed by atoms with E-state index < -0.39 is 0 Å². The van der Waals surface area contributed by atoms with Crippen molar-refractivity contribution in [2.24, 2.45) is 10.9 Å². The molecular formula is C18H36IN7. The first-order valence-electron chi connectivity index (χ1n) is 9.84. The molecule has 7 nitrogen and oxygen atoms in total. The Morgan fingerprint density at radius 2 is 1.92 bits per heavy atom. The number of hydrogen-bond acceptors (Lipinski definition) is 4. The number of nitrogens with zero attached hydrogens (tertiary/aromatic N) is 6. The van der Waals surface area contributed by atoms with Crippen molar-refractivity contribution >= 4 is 29.9 Å². The zero-order valence-corrected chi connectivity index (χ0v) is 18.9. The topological polar surface area (TPSA) is 61.6 Å². The molecule has 1 fully saturated rings. The maximum atomic E-state index is 4.85. The fourth-order valence-electron chi connectivity index (χ4n) is 3.38. The molecule has 1 aromatic rings. The summed E-state index contributed by atoms with van der Waals surface area (Å²) in [4.78, 5) is 9.82. The van der Waals surface area contributed by atoms with Gasteiger partial charge in [0.05, 0.1) is 0 Å². The summed E-state index contributed by atoms with van der Waals surface area (Å²) in [6, 6.07) is 0. The van der Waals surface area contributed by atoms with E-state index in [1.54, 1.807) is 12.7 Å². The lowest BCUT2D eigenvalue weighted by atomic mass is 10.1.